The SMILES string of the molecule is COc1ccc(Nc2nc3ncnc(N)n3n2)cc1. The monoisotopic (exact) mass is 257 g/mol. The molecule has 1 aromatic carbocycles. The van der Waals surface area contributed by atoms with Crippen LogP contribution in [-0.2, 0) is 0 Å². The van der Waals surface area contributed by atoms with Crippen LogP contribution < -0.4 is 15.8 Å². The lowest BCUT2D eigenvalue weighted by Gasteiger charge is -2.02. The minimum atomic E-state index is 0.236. The van der Waals surface area contributed by atoms with Gasteiger partial charge in [0, 0.05) is 5.69 Å². The van der Waals surface area contributed by atoms with Gasteiger partial charge in [0.05, 0.1) is 7.11 Å². The van der Waals surface area contributed by atoms with Crippen molar-refractivity contribution in [2.24, 2.45) is 0 Å². The Morgan fingerprint density at radius 1 is 1.21 bits per heavy atom. The Balaban J connectivity index is 1.90. The molecule has 0 fully saturated rings. The Kier molecular flexibility index (Phi) is 2.60. The molecule has 8 heteroatoms. The highest BCUT2D eigenvalue weighted by atomic mass is 16.5. The first kappa shape index (κ1) is 11.2. The predicted octanol–water partition coefficient (Wildman–Crippen LogP) is 0.854. The van der Waals surface area contributed by atoms with Gasteiger partial charge >= 0.3 is 0 Å². The van der Waals surface area contributed by atoms with Crippen molar-refractivity contribution in [2.75, 3.05) is 18.2 Å². The van der Waals surface area contributed by atoms with Crippen molar-refractivity contribution < 1.29 is 4.74 Å². The van der Waals surface area contributed by atoms with Crippen LogP contribution in [0.2, 0.25) is 0 Å². The molecule has 0 spiro atoms. The molecule has 96 valence electrons. The predicted molar refractivity (Wildman–Crippen MR) is 69.3 cm³/mol. The van der Waals surface area contributed by atoms with Crippen LogP contribution in [0.25, 0.3) is 5.78 Å². The first-order valence-electron chi connectivity index (χ1n) is 5.50. The normalized spacial score (nSPS) is 10.6. The smallest absolute Gasteiger partial charge is 0.258 e. The van der Waals surface area contributed by atoms with Crippen LogP contribution >= 0.6 is 0 Å². The van der Waals surface area contributed by atoms with Crippen LogP contribution in [0, 0.1) is 0 Å². The van der Waals surface area contributed by atoms with Crippen molar-refractivity contribution >= 4 is 23.4 Å². The average Bonchev–Trinajstić information content (AvgIpc) is 2.84. The third kappa shape index (κ3) is 2.10. The maximum absolute atomic E-state index is 5.67. The average molecular weight is 257 g/mol. The Hall–Kier alpha value is -2.90. The van der Waals surface area contributed by atoms with Crippen LogP contribution in [0.4, 0.5) is 17.6 Å². The van der Waals surface area contributed by atoms with Gasteiger partial charge in [0.2, 0.25) is 11.9 Å². The number of hydrogen-bond donors (Lipinski definition) is 2. The van der Waals surface area contributed by atoms with E-state index in [-0.39, 0.29) is 5.95 Å². The second kappa shape index (κ2) is 4.41. The van der Waals surface area contributed by atoms with Gasteiger partial charge in [-0.2, -0.15) is 14.5 Å². The first-order valence-corrected chi connectivity index (χ1v) is 5.50. The van der Waals surface area contributed by atoms with Gasteiger partial charge in [-0.25, -0.2) is 4.98 Å². The minimum Gasteiger partial charge on any atom is -0.497 e. The number of aromatic nitrogens is 5. The summed E-state index contributed by atoms with van der Waals surface area (Å²) in [5, 5.41) is 7.21. The van der Waals surface area contributed by atoms with Gasteiger partial charge in [-0.1, -0.05) is 0 Å². The number of benzene rings is 1. The van der Waals surface area contributed by atoms with Crippen LogP contribution in [-0.4, -0.2) is 31.7 Å². The summed E-state index contributed by atoms with van der Waals surface area (Å²) in [5.41, 5.74) is 6.50. The summed E-state index contributed by atoms with van der Waals surface area (Å²) < 4.78 is 6.45. The number of hydrogen-bond acceptors (Lipinski definition) is 7. The number of ether oxygens (including phenoxy) is 1. The minimum absolute atomic E-state index is 0.236. The molecule has 0 saturated heterocycles. The van der Waals surface area contributed by atoms with Gasteiger partial charge in [-0.3, -0.25) is 0 Å². The molecule has 2 heterocycles. The Bertz CT molecular complexity index is 707. The Morgan fingerprint density at radius 3 is 2.68 bits per heavy atom. The summed E-state index contributed by atoms with van der Waals surface area (Å²) >= 11 is 0. The molecule has 0 unspecified atom stereocenters. The third-order valence-electron chi connectivity index (χ3n) is 2.52. The highest BCUT2D eigenvalue weighted by molar-refractivity contribution is 5.56. The lowest BCUT2D eigenvalue weighted by Crippen LogP contribution is -2.02. The van der Waals surface area contributed by atoms with E-state index in [4.69, 9.17) is 10.5 Å². The van der Waals surface area contributed by atoms with Gasteiger partial charge in [0.25, 0.3) is 5.78 Å². The zero-order chi connectivity index (χ0) is 13.2. The van der Waals surface area contributed by atoms with Crippen molar-refractivity contribution in [1.29, 1.82) is 0 Å². The maximum Gasteiger partial charge on any atom is 0.258 e. The molecule has 3 aromatic rings. The Morgan fingerprint density at radius 2 is 2.00 bits per heavy atom. The summed E-state index contributed by atoms with van der Waals surface area (Å²) in [5.74, 6) is 1.81. The highest BCUT2D eigenvalue weighted by Gasteiger charge is 2.07. The Labute approximate surface area is 108 Å². The molecule has 3 rings (SSSR count). The van der Waals surface area contributed by atoms with E-state index < -0.39 is 0 Å². The second-order valence-corrected chi connectivity index (χ2v) is 3.73. The molecular weight excluding hydrogens is 246 g/mol. The van der Waals surface area contributed by atoms with Crippen molar-refractivity contribution in [3.8, 4) is 5.75 Å². The molecule has 0 bridgehead atoms. The summed E-state index contributed by atoms with van der Waals surface area (Å²) in [4.78, 5) is 12.0. The quantitative estimate of drug-likeness (QED) is 0.716. The van der Waals surface area contributed by atoms with E-state index in [1.54, 1.807) is 7.11 Å². The van der Waals surface area contributed by atoms with Crippen LogP contribution in [0.5, 0.6) is 5.75 Å². The summed E-state index contributed by atoms with van der Waals surface area (Å²) in [7, 11) is 1.62. The zero-order valence-electron chi connectivity index (χ0n) is 10.1. The van der Waals surface area contributed by atoms with Crippen molar-refractivity contribution in [2.45, 2.75) is 0 Å². The van der Waals surface area contributed by atoms with Gasteiger partial charge in [-0.05, 0) is 24.3 Å². The van der Waals surface area contributed by atoms with Crippen molar-refractivity contribution in [1.82, 2.24) is 24.6 Å². The third-order valence-corrected chi connectivity index (χ3v) is 2.52. The lowest BCUT2D eigenvalue weighted by atomic mass is 10.3. The molecule has 0 amide bonds. The van der Waals surface area contributed by atoms with Crippen molar-refractivity contribution in [3.63, 3.8) is 0 Å². The molecule has 0 saturated carbocycles. The number of nitrogens with zero attached hydrogens (tertiary/aromatic N) is 5. The molecular formula is C11H11N7O. The molecule has 8 nitrogen and oxygen atoms in total. The molecule has 0 aliphatic heterocycles. The van der Waals surface area contributed by atoms with E-state index in [0.29, 0.717) is 11.7 Å². The molecule has 2 aromatic heterocycles. The molecule has 0 aliphatic carbocycles. The number of nitrogen functional groups attached to an aromatic ring is 1. The first-order chi connectivity index (χ1) is 9.26. The number of fused-ring (bicyclic) bond motifs is 1. The fourth-order valence-corrected chi connectivity index (χ4v) is 1.59. The second-order valence-electron chi connectivity index (χ2n) is 3.73. The lowest BCUT2D eigenvalue weighted by molar-refractivity contribution is 0.415. The van der Waals surface area contributed by atoms with Crippen molar-refractivity contribution in [3.05, 3.63) is 30.6 Å². The van der Waals surface area contributed by atoms with Gasteiger partial charge in [-0.15, -0.1) is 5.10 Å². The van der Waals surface area contributed by atoms with E-state index in [0.717, 1.165) is 11.4 Å². The summed E-state index contributed by atoms with van der Waals surface area (Å²) in [6.45, 7) is 0. The fourth-order valence-electron chi connectivity index (χ4n) is 1.59. The molecule has 19 heavy (non-hydrogen) atoms. The summed E-state index contributed by atoms with van der Waals surface area (Å²) in [6.07, 6.45) is 1.34. The molecule has 0 radical (unpaired) electrons. The molecule has 3 N–H and O–H groups in total. The number of nitrogens with two attached hydrogens (primary N) is 1. The van der Waals surface area contributed by atoms with Gasteiger partial charge in [0.15, 0.2) is 0 Å². The van der Waals surface area contributed by atoms with Crippen LogP contribution in [0.3, 0.4) is 0 Å². The van der Waals surface area contributed by atoms with Crippen LogP contribution in [0.1, 0.15) is 0 Å². The number of methoxy groups -OCH3 is 1. The van der Waals surface area contributed by atoms with Crippen LogP contribution in [0.15, 0.2) is 30.6 Å². The standard InChI is InChI=1S/C11H11N7O/c1-19-8-4-2-7(3-5-8)15-10-16-11-14-6-13-9(12)18(11)17-10/h2-6H,1H3,(H3,12,13,14,15,16,17). The largest absolute Gasteiger partial charge is 0.497 e. The molecule has 0 aliphatic rings. The van der Waals surface area contributed by atoms with E-state index >= 15 is 0 Å². The fraction of sp³-hybridized carbons (Fsp3) is 0.0909. The number of anilines is 3. The topological polar surface area (TPSA) is 103 Å². The van der Waals surface area contributed by atoms with E-state index in [1.165, 1.54) is 10.8 Å². The van der Waals surface area contributed by atoms with E-state index in [1.807, 2.05) is 24.3 Å². The molecule has 0 atom stereocenters. The zero-order valence-corrected chi connectivity index (χ0v) is 10.1. The van der Waals surface area contributed by atoms with Gasteiger partial charge in [0.1, 0.15) is 12.1 Å². The van der Waals surface area contributed by atoms with E-state index in [9.17, 15) is 0 Å². The number of nitrogens with one attached hydrogen (secondary N) is 1. The van der Waals surface area contributed by atoms with Gasteiger partial charge < -0.3 is 15.8 Å². The summed E-state index contributed by atoms with van der Waals surface area (Å²) in [6, 6.07) is 7.40. The highest BCUT2D eigenvalue weighted by Crippen LogP contribution is 2.18. The van der Waals surface area contributed by atoms with E-state index in [2.05, 4.69) is 25.4 Å². The number of rotatable bonds is 3. The maximum atomic E-state index is 5.67.